The molecule has 0 radical (unpaired) electrons. The Kier molecular flexibility index (Phi) is 12.7. The van der Waals surface area contributed by atoms with E-state index in [0.29, 0.717) is 28.5 Å². The molecule has 2 heterocycles. The quantitative estimate of drug-likeness (QED) is 0.303. The average molecular weight is 635 g/mol. The maximum Gasteiger partial charge on any atom is 0.257 e. The molecule has 2 aliphatic heterocycles. The number of hydrogen-bond donors (Lipinski definition) is 2. The number of allylic oxidation sites excluding steroid dienone is 3. The van der Waals surface area contributed by atoms with Gasteiger partial charge in [0.15, 0.2) is 0 Å². The highest BCUT2D eigenvalue weighted by Gasteiger charge is 2.23. The zero-order chi connectivity index (χ0) is 32.3. The molecule has 0 aromatic heterocycles. The highest BCUT2D eigenvalue weighted by molar-refractivity contribution is 6.30. The number of nitrogens with zero attached hydrogens (tertiary/aromatic N) is 2. The number of rotatable bonds is 8. The molecule has 0 unspecified atom stereocenters. The highest BCUT2D eigenvalue weighted by atomic mass is 35.5. The van der Waals surface area contributed by atoms with Crippen LogP contribution in [0.1, 0.15) is 74.7 Å². The lowest BCUT2D eigenvalue weighted by Crippen LogP contribution is -2.34. The number of carbonyl (C=O) groups is 1. The zero-order valence-electron chi connectivity index (χ0n) is 27.2. The molecular formula is C37H48ClFN4O2. The number of benzene rings is 2. The Bertz CT molecular complexity index is 1430. The summed E-state index contributed by atoms with van der Waals surface area (Å²) in [4.78, 5) is 18.2. The van der Waals surface area contributed by atoms with Crippen molar-refractivity contribution >= 4 is 28.9 Å². The van der Waals surface area contributed by atoms with Crippen molar-refractivity contribution in [2.45, 2.75) is 71.8 Å². The Morgan fingerprint density at radius 1 is 0.956 bits per heavy atom. The molecule has 0 bridgehead atoms. The summed E-state index contributed by atoms with van der Waals surface area (Å²) in [6, 6.07) is 9.37. The van der Waals surface area contributed by atoms with Crippen LogP contribution in [0.3, 0.4) is 0 Å². The van der Waals surface area contributed by atoms with Gasteiger partial charge in [0.1, 0.15) is 17.7 Å². The standard InChI is InChI=1S/C35H42ClFN4O2.C2H6/c1-24-22-26(36)8-13-32(24)39-35(42)31-23-27(37)9-14-33(31)38-25(2)30-12-10-28(41-18-6-4-5-7-19-41)11-15-34(30)43-29-16-20-40(3)21-17-29;1-2/h8-14,22-23,29,38H,2,4-7,15-21H2,1,3H3,(H,39,42);1-2H3. The van der Waals surface area contributed by atoms with Gasteiger partial charge in [-0.25, -0.2) is 4.39 Å². The fourth-order valence-corrected chi connectivity index (χ4v) is 6.11. The van der Waals surface area contributed by atoms with E-state index in [1.165, 1.54) is 43.5 Å². The van der Waals surface area contributed by atoms with Crippen LogP contribution in [-0.2, 0) is 4.74 Å². The number of piperidine rings is 1. The van der Waals surface area contributed by atoms with Crippen molar-refractivity contribution in [1.82, 2.24) is 9.80 Å². The molecule has 242 valence electrons. The van der Waals surface area contributed by atoms with E-state index in [9.17, 15) is 9.18 Å². The molecule has 1 aliphatic carbocycles. The second kappa shape index (κ2) is 16.7. The van der Waals surface area contributed by atoms with Gasteiger partial charge >= 0.3 is 0 Å². The molecule has 0 spiro atoms. The van der Waals surface area contributed by atoms with Crippen LogP contribution in [0, 0.1) is 12.7 Å². The van der Waals surface area contributed by atoms with E-state index in [-0.39, 0.29) is 11.7 Å². The van der Waals surface area contributed by atoms with E-state index in [2.05, 4.69) is 52.3 Å². The fourth-order valence-electron chi connectivity index (χ4n) is 5.88. The topological polar surface area (TPSA) is 56.8 Å². The summed E-state index contributed by atoms with van der Waals surface area (Å²) in [5.74, 6) is -0.0724. The molecule has 2 aromatic carbocycles. The highest BCUT2D eigenvalue weighted by Crippen LogP contribution is 2.31. The Hall–Kier alpha value is -3.55. The van der Waals surface area contributed by atoms with Crippen molar-refractivity contribution in [3.63, 3.8) is 0 Å². The van der Waals surface area contributed by atoms with E-state index < -0.39 is 11.7 Å². The Balaban J connectivity index is 0.00000226. The predicted molar refractivity (Wildman–Crippen MR) is 185 cm³/mol. The van der Waals surface area contributed by atoms with Crippen molar-refractivity contribution in [3.05, 3.63) is 106 Å². The maximum absolute atomic E-state index is 14.4. The number of carbonyl (C=O) groups excluding carboxylic acids is 1. The lowest BCUT2D eigenvalue weighted by Gasteiger charge is -2.30. The molecule has 2 fully saturated rings. The number of anilines is 2. The van der Waals surface area contributed by atoms with E-state index in [1.54, 1.807) is 24.3 Å². The molecule has 3 aliphatic rings. The predicted octanol–water partition coefficient (Wildman–Crippen LogP) is 9.08. The smallest absolute Gasteiger partial charge is 0.257 e. The van der Waals surface area contributed by atoms with Crippen LogP contribution < -0.4 is 10.6 Å². The van der Waals surface area contributed by atoms with Gasteiger partial charge in [-0.3, -0.25) is 4.79 Å². The largest absolute Gasteiger partial charge is 0.494 e. The summed E-state index contributed by atoms with van der Waals surface area (Å²) < 4.78 is 21.1. The van der Waals surface area contributed by atoms with Crippen LogP contribution in [0.15, 0.2) is 83.9 Å². The van der Waals surface area contributed by atoms with E-state index in [0.717, 1.165) is 55.9 Å². The van der Waals surface area contributed by atoms with Crippen molar-refractivity contribution in [3.8, 4) is 0 Å². The van der Waals surface area contributed by atoms with E-state index >= 15 is 0 Å². The molecule has 6 nitrogen and oxygen atoms in total. The van der Waals surface area contributed by atoms with Gasteiger partial charge in [-0.15, -0.1) is 0 Å². The average Bonchev–Trinajstić information content (AvgIpc) is 3.43. The second-order valence-electron chi connectivity index (χ2n) is 11.7. The molecule has 5 rings (SSSR count). The first-order valence-electron chi connectivity index (χ1n) is 16.3. The molecule has 2 N–H and O–H groups in total. The van der Waals surface area contributed by atoms with Gasteiger partial charge in [0, 0.05) is 60.3 Å². The number of halogens is 2. The lowest BCUT2D eigenvalue weighted by atomic mass is 10.1. The van der Waals surface area contributed by atoms with Crippen LogP contribution in [0.25, 0.3) is 0 Å². The number of likely N-dealkylation sites (tertiary alicyclic amines) is 2. The first kappa shape index (κ1) is 34.3. The number of amides is 1. The number of aryl methyl sites for hydroxylation is 1. The van der Waals surface area contributed by atoms with Crippen molar-refractivity contribution in [1.29, 1.82) is 0 Å². The van der Waals surface area contributed by atoms with Gasteiger partial charge < -0.3 is 25.2 Å². The lowest BCUT2D eigenvalue weighted by molar-refractivity contribution is 0.0551. The van der Waals surface area contributed by atoms with Gasteiger partial charge in [-0.05, 0) is 93.8 Å². The van der Waals surface area contributed by atoms with Crippen LogP contribution in [-0.4, -0.2) is 55.0 Å². The number of ether oxygens (including phenoxy) is 1. The van der Waals surface area contributed by atoms with Gasteiger partial charge in [-0.1, -0.05) is 50.9 Å². The van der Waals surface area contributed by atoms with Gasteiger partial charge in [0.25, 0.3) is 5.91 Å². The van der Waals surface area contributed by atoms with Crippen LogP contribution >= 0.6 is 11.6 Å². The maximum atomic E-state index is 14.4. The van der Waals surface area contributed by atoms with Gasteiger partial charge in [0.05, 0.1) is 11.3 Å². The monoisotopic (exact) mass is 634 g/mol. The summed E-state index contributed by atoms with van der Waals surface area (Å²) >= 11 is 6.09. The van der Waals surface area contributed by atoms with E-state index in [1.807, 2.05) is 20.8 Å². The van der Waals surface area contributed by atoms with Crippen molar-refractivity contribution in [2.75, 3.05) is 43.9 Å². The van der Waals surface area contributed by atoms with Gasteiger partial charge in [0.2, 0.25) is 0 Å². The van der Waals surface area contributed by atoms with Gasteiger partial charge in [-0.2, -0.15) is 0 Å². The normalized spacial score (nSPS) is 17.8. The van der Waals surface area contributed by atoms with Crippen LogP contribution in [0.5, 0.6) is 0 Å². The molecule has 0 atom stereocenters. The molecule has 45 heavy (non-hydrogen) atoms. The van der Waals surface area contributed by atoms with Crippen molar-refractivity contribution < 1.29 is 13.9 Å². The third-order valence-electron chi connectivity index (χ3n) is 8.44. The molecular weight excluding hydrogens is 587 g/mol. The zero-order valence-corrected chi connectivity index (χ0v) is 28.0. The molecule has 2 saturated heterocycles. The number of nitrogens with one attached hydrogen (secondary N) is 2. The van der Waals surface area contributed by atoms with E-state index in [4.69, 9.17) is 16.3 Å². The summed E-state index contributed by atoms with van der Waals surface area (Å²) in [5.41, 5.74) is 4.70. The Morgan fingerprint density at radius 2 is 1.64 bits per heavy atom. The minimum Gasteiger partial charge on any atom is -0.494 e. The SMILES string of the molecule is C=C(Nc1ccc(F)cc1C(=O)Nc1ccc(Cl)cc1C)C1=C(OC2CCN(C)CC2)CC=C(N2CCCCCC2)C=C1.CC. The summed E-state index contributed by atoms with van der Waals surface area (Å²) in [6.45, 7) is 14.3. The first-order chi connectivity index (χ1) is 21.8. The minimum atomic E-state index is -0.500. The molecule has 8 heteroatoms. The summed E-state index contributed by atoms with van der Waals surface area (Å²) in [7, 11) is 2.14. The van der Waals surface area contributed by atoms with Crippen LogP contribution in [0.2, 0.25) is 5.02 Å². The number of hydrogen-bond acceptors (Lipinski definition) is 5. The fraction of sp³-hybridized carbons (Fsp3) is 0.432. The summed E-state index contributed by atoms with van der Waals surface area (Å²) in [5, 5.41) is 6.80. The summed E-state index contributed by atoms with van der Waals surface area (Å²) in [6.07, 6.45) is 14.1. The molecule has 2 aromatic rings. The second-order valence-corrected chi connectivity index (χ2v) is 12.2. The molecule has 0 saturated carbocycles. The molecule has 1 amide bonds. The van der Waals surface area contributed by atoms with Crippen LogP contribution in [0.4, 0.5) is 15.8 Å². The van der Waals surface area contributed by atoms with Crippen molar-refractivity contribution in [2.24, 2.45) is 0 Å². The Labute approximate surface area is 273 Å². The Morgan fingerprint density at radius 3 is 2.33 bits per heavy atom. The third-order valence-corrected chi connectivity index (χ3v) is 8.67. The minimum absolute atomic E-state index is 0.130. The third kappa shape index (κ3) is 9.47. The first-order valence-corrected chi connectivity index (χ1v) is 16.7.